The Hall–Kier alpha value is -0.570. The molecule has 0 aromatic heterocycles. The molecule has 1 aliphatic rings. The van der Waals surface area contributed by atoms with E-state index < -0.39 is 0 Å². The average Bonchev–Trinajstić information content (AvgIpc) is 2.66. The van der Waals surface area contributed by atoms with Gasteiger partial charge in [0.1, 0.15) is 0 Å². The summed E-state index contributed by atoms with van der Waals surface area (Å²) in [4.78, 5) is 12.4. The zero-order valence-corrected chi connectivity index (χ0v) is 11.8. The number of hydrogen-bond donors (Lipinski definition) is 2. The molecule has 0 aromatic carbocycles. The monoisotopic (exact) mass is 240 g/mol. The Bertz CT molecular complexity index is 245. The molecule has 1 aliphatic heterocycles. The van der Waals surface area contributed by atoms with Crippen LogP contribution in [0.4, 0.5) is 0 Å². The van der Waals surface area contributed by atoms with Crippen molar-refractivity contribution in [2.24, 2.45) is 5.92 Å². The van der Waals surface area contributed by atoms with Crippen LogP contribution in [0.1, 0.15) is 59.8 Å². The predicted octanol–water partition coefficient (Wildman–Crippen LogP) is 2.46. The molecule has 1 saturated heterocycles. The lowest BCUT2D eigenvalue weighted by Crippen LogP contribution is -2.55. The fourth-order valence-electron chi connectivity index (χ4n) is 2.88. The van der Waals surface area contributed by atoms with E-state index in [2.05, 4.69) is 38.3 Å². The van der Waals surface area contributed by atoms with E-state index >= 15 is 0 Å². The maximum absolute atomic E-state index is 12.4. The van der Waals surface area contributed by atoms with E-state index in [-0.39, 0.29) is 17.5 Å². The molecular formula is C14H28N2O. The van der Waals surface area contributed by atoms with Gasteiger partial charge in [0.15, 0.2) is 0 Å². The van der Waals surface area contributed by atoms with Crippen LogP contribution in [-0.2, 0) is 4.79 Å². The second-order valence-corrected chi connectivity index (χ2v) is 5.87. The van der Waals surface area contributed by atoms with Crippen LogP contribution in [0.2, 0.25) is 0 Å². The first-order chi connectivity index (χ1) is 8.00. The fraction of sp³-hybridized carbons (Fsp3) is 0.929. The van der Waals surface area contributed by atoms with Crippen LogP contribution >= 0.6 is 0 Å². The van der Waals surface area contributed by atoms with Crippen molar-refractivity contribution in [3.8, 4) is 0 Å². The van der Waals surface area contributed by atoms with E-state index in [0.29, 0.717) is 5.92 Å². The van der Waals surface area contributed by atoms with Gasteiger partial charge in [-0.25, -0.2) is 0 Å². The predicted molar refractivity (Wildman–Crippen MR) is 71.9 cm³/mol. The van der Waals surface area contributed by atoms with Crippen molar-refractivity contribution in [3.05, 3.63) is 0 Å². The molecule has 1 heterocycles. The molecule has 0 bridgehead atoms. The molecule has 100 valence electrons. The van der Waals surface area contributed by atoms with Gasteiger partial charge in [-0.3, -0.25) is 4.79 Å². The number of hydrogen-bond acceptors (Lipinski definition) is 2. The van der Waals surface area contributed by atoms with Crippen molar-refractivity contribution in [2.75, 3.05) is 6.54 Å². The first kappa shape index (κ1) is 14.5. The Morgan fingerprint density at radius 3 is 2.59 bits per heavy atom. The largest absolute Gasteiger partial charge is 0.352 e. The minimum absolute atomic E-state index is 0.213. The number of carbonyl (C=O) groups is 1. The van der Waals surface area contributed by atoms with Crippen molar-refractivity contribution >= 4 is 5.91 Å². The second-order valence-electron chi connectivity index (χ2n) is 5.87. The zero-order chi connectivity index (χ0) is 12.9. The Balaban J connectivity index is 2.54. The van der Waals surface area contributed by atoms with E-state index in [1.165, 1.54) is 0 Å². The molecule has 0 aliphatic carbocycles. The molecule has 0 saturated carbocycles. The summed E-state index contributed by atoms with van der Waals surface area (Å²) in [6.07, 6.45) is 5.16. The van der Waals surface area contributed by atoms with Crippen LogP contribution in [0.25, 0.3) is 0 Å². The lowest BCUT2D eigenvalue weighted by Gasteiger charge is -2.30. The summed E-state index contributed by atoms with van der Waals surface area (Å²) >= 11 is 0. The molecule has 1 amide bonds. The van der Waals surface area contributed by atoms with E-state index in [1.807, 2.05) is 0 Å². The third kappa shape index (κ3) is 3.98. The number of nitrogens with one attached hydrogen (secondary N) is 2. The van der Waals surface area contributed by atoms with Gasteiger partial charge in [-0.1, -0.05) is 27.2 Å². The van der Waals surface area contributed by atoms with Gasteiger partial charge in [-0.05, 0) is 45.1 Å². The number of rotatable bonds is 6. The van der Waals surface area contributed by atoms with Gasteiger partial charge >= 0.3 is 0 Å². The van der Waals surface area contributed by atoms with Crippen LogP contribution in [0.3, 0.4) is 0 Å². The van der Waals surface area contributed by atoms with E-state index in [4.69, 9.17) is 0 Å². The molecule has 2 N–H and O–H groups in total. The standard InChI is InChI=1S/C14H28N2O/c1-5-7-14(8-6-9-15-14)13(17)16-12(4)10-11(2)3/h11-12,15H,5-10H2,1-4H3,(H,16,17). The Labute approximate surface area is 106 Å². The van der Waals surface area contributed by atoms with Crippen molar-refractivity contribution in [1.82, 2.24) is 10.6 Å². The third-order valence-corrected chi connectivity index (χ3v) is 3.56. The molecule has 3 nitrogen and oxygen atoms in total. The minimum Gasteiger partial charge on any atom is -0.352 e. The van der Waals surface area contributed by atoms with Crippen molar-refractivity contribution < 1.29 is 4.79 Å². The van der Waals surface area contributed by atoms with Crippen LogP contribution < -0.4 is 10.6 Å². The summed E-state index contributed by atoms with van der Waals surface area (Å²) in [5.74, 6) is 0.842. The Kier molecular flexibility index (Phi) is 5.44. The van der Waals surface area contributed by atoms with Gasteiger partial charge in [0.2, 0.25) is 5.91 Å². The van der Waals surface area contributed by atoms with Crippen LogP contribution in [0, 0.1) is 5.92 Å². The molecule has 2 atom stereocenters. The normalized spacial score (nSPS) is 26.2. The minimum atomic E-state index is -0.278. The van der Waals surface area contributed by atoms with Crippen LogP contribution in [-0.4, -0.2) is 24.0 Å². The number of amides is 1. The van der Waals surface area contributed by atoms with Gasteiger partial charge in [0, 0.05) is 6.04 Å². The highest BCUT2D eigenvalue weighted by molar-refractivity contribution is 5.86. The van der Waals surface area contributed by atoms with Gasteiger partial charge < -0.3 is 10.6 Å². The highest BCUT2D eigenvalue weighted by Gasteiger charge is 2.40. The molecule has 3 heteroatoms. The van der Waals surface area contributed by atoms with Crippen LogP contribution in [0.15, 0.2) is 0 Å². The lowest BCUT2D eigenvalue weighted by atomic mass is 9.90. The first-order valence-electron chi connectivity index (χ1n) is 7.06. The molecular weight excluding hydrogens is 212 g/mol. The average molecular weight is 240 g/mol. The molecule has 1 fully saturated rings. The fourth-order valence-corrected chi connectivity index (χ4v) is 2.88. The Morgan fingerprint density at radius 2 is 2.12 bits per heavy atom. The van der Waals surface area contributed by atoms with Gasteiger partial charge in [-0.15, -0.1) is 0 Å². The van der Waals surface area contributed by atoms with Gasteiger partial charge in [0.25, 0.3) is 0 Å². The molecule has 1 rings (SSSR count). The maximum Gasteiger partial charge on any atom is 0.240 e. The highest BCUT2D eigenvalue weighted by Crippen LogP contribution is 2.25. The van der Waals surface area contributed by atoms with E-state index in [9.17, 15) is 4.79 Å². The SMILES string of the molecule is CCCC1(C(=O)NC(C)CC(C)C)CCCN1. The topological polar surface area (TPSA) is 41.1 Å². The second kappa shape index (κ2) is 6.39. The summed E-state index contributed by atoms with van der Waals surface area (Å²) in [6.45, 7) is 9.61. The number of carbonyl (C=O) groups excluding carboxylic acids is 1. The zero-order valence-electron chi connectivity index (χ0n) is 11.8. The molecule has 2 unspecified atom stereocenters. The van der Waals surface area contributed by atoms with Crippen molar-refractivity contribution in [3.63, 3.8) is 0 Å². The summed E-state index contributed by atoms with van der Waals surface area (Å²) < 4.78 is 0. The summed E-state index contributed by atoms with van der Waals surface area (Å²) in [6, 6.07) is 0.277. The molecule has 0 radical (unpaired) electrons. The van der Waals surface area contributed by atoms with Crippen molar-refractivity contribution in [2.45, 2.75) is 71.4 Å². The van der Waals surface area contributed by atoms with Crippen LogP contribution in [0.5, 0.6) is 0 Å². The smallest absolute Gasteiger partial charge is 0.240 e. The van der Waals surface area contributed by atoms with Gasteiger partial charge in [0.05, 0.1) is 5.54 Å². The Morgan fingerprint density at radius 1 is 1.41 bits per heavy atom. The maximum atomic E-state index is 12.4. The lowest BCUT2D eigenvalue weighted by molar-refractivity contribution is -0.128. The highest BCUT2D eigenvalue weighted by atomic mass is 16.2. The van der Waals surface area contributed by atoms with E-state index in [0.717, 1.165) is 38.6 Å². The molecule has 17 heavy (non-hydrogen) atoms. The van der Waals surface area contributed by atoms with Gasteiger partial charge in [-0.2, -0.15) is 0 Å². The van der Waals surface area contributed by atoms with Crippen molar-refractivity contribution in [1.29, 1.82) is 0 Å². The summed E-state index contributed by atoms with van der Waals surface area (Å²) in [5.41, 5.74) is -0.278. The van der Waals surface area contributed by atoms with E-state index in [1.54, 1.807) is 0 Å². The quantitative estimate of drug-likeness (QED) is 0.749. The summed E-state index contributed by atoms with van der Waals surface area (Å²) in [5, 5.41) is 6.59. The first-order valence-corrected chi connectivity index (χ1v) is 7.06. The third-order valence-electron chi connectivity index (χ3n) is 3.56. The molecule has 0 spiro atoms. The molecule has 0 aromatic rings. The summed E-state index contributed by atoms with van der Waals surface area (Å²) in [7, 11) is 0.